The number of hydrogen-bond donors (Lipinski definition) is 1. The van der Waals surface area contributed by atoms with Crippen molar-refractivity contribution in [2.24, 2.45) is 5.92 Å². The summed E-state index contributed by atoms with van der Waals surface area (Å²) in [4.78, 5) is 7.28. The second kappa shape index (κ2) is 10.2. The van der Waals surface area contributed by atoms with E-state index in [1.165, 1.54) is 0 Å². The van der Waals surface area contributed by atoms with E-state index in [-0.39, 0.29) is 0 Å². The molecule has 5 rings (SSSR count). The van der Waals surface area contributed by atoms with E-state index in [1.807, 2.05) is 67.1 Å². The molecule has 1 saturated heterocycles. The van der Waals surface area contributed by atoms with Crippen molar-refractivity contribution in [1.82, 2.24) is 19.5 Å². The molecule has 4 aromatic rings. The summed E-state index contributed by atoms with van der Waals surface area (Å²) in [5.41, 5.74) is 4.73. The predicted molar refractivity (Wildman–Crippen MR) is 145 cm³/mol. The third-order valence-corrected chi connectivity index (χ3v) is 7.41. The molecular weight excluding hydrogens is 487 g/mol. The lowest BCUT2D eigenvalue weighted by molar-refractivity contribution is 0.182. The molecule has 1 aliphatic rings. The van der Waals surface area contributed by atoms with Gasteiger partial charge in [0.05, 0.1) is 5.69 Å². The Hall–Kier alpha value is -2.25. The Morgan fingerprint density at radius 2 is 1.79 bits per heavy atom. The van der Waals surface area contributed by atoms with Crippen LogP contribution in [0.4, 0.5) is 5.82 Å². The zero-order valence-corrected chi connectivity index (χ0v) is 21.2. The Morgan fingerprint density at radius 1 is 1.00 bits per heavy atom. The van der Waals surface area contributed by atoms with Crippen LogP contribution < -0.4 is 10.8 Å². The van der Waals surface area contributed by atoms with Crippen LogP contribution in [-0.4, -0.2) is 47.0 Å². The fraction of sp³-hybridized carbons (Fsp3) is 0.280. The number of hydrogen-bond acceptors (Lipinski definition) is 4. The monoisotopic (exact) mass is 511 g/mol. The summed E-state index contributed by atoms with van der Waals surface area (Å²) in [5.74, 6) is 1.51. The van der Waals surface area contributed by atoms with Crippen LogP contribution in [0, 0.1) is 5.92 Å². The molecule has 1 aliphatic heterocycles. The molecule has 9 heteroatoms. The molecule has 174 valence electrons. The number of benzene rings is 2. The zero-order valence-electron chi connectivity index (χ0n) is 18.9. The van der Waals surface area contributed by atoms with E-state index < -0.39 is 0 Å². The second-order valence-electron chi connectivity index (χ2n) is 8.91. The van der Waals surface area contributed by atoms with Gasteiger partial charge in [0.1, 0.15) is 13.7 Å². The smallest absolute Gasteiger partial charge is 0.151 e. The van der Waals surface area contributed by atoms with Crippen molar-refractivity contribution in [3.8, 4) is 11.3 Å². The average Bonchev–Trinajstić information content (AvgIpc) is 3.22. The second-order valence-corrected chi connectivity index (χ2v) is 10.2. The Labute approximate surface area is 215 Å². The molecule has 5 nitrogen and oxygen atoms in total. The molecule has 0 unspecified atom stereocenters. The molecule has 0 aliphatic carbocycles. The van der Waals surface area contributed by atoms with Crippen molar-refractivity contribution in [3.05, 3.63) is 75.4 Å². The van der Waals surface area contributed by atoms with Crippen LogP contribution in [0.25, 0.3) is 16.9 Å². The first-order chi connectivity index (χ1) is 16.5. The molecule has 0 radical (unpaired) electrons. The van der Waals surface area contributed by atoms with Crippen LogP contribution in [-0.2, 0) is 6.54 Å². The molecule has 0 spiro atoms. The normalized spacial score (nSPS) is 15.1. The van der Waals surface area contributed by atoms with Gasteiger partial charge in [-0.25, -0.2) is 4.98 Å². The summed E-state index contributed by atoms with van der Waals surface area (Å²) in [6.45, 7) is 3.78. The highest BCUT2D eigenvalue weighted by Gasteiger charge is 2.21. The average molecular weight is 513 g/mol. The zero-order chi connectivity index (χ0) is 23.7. The first-order valence-corrected chi connectivity index (χ1v) is 12.6. The van der Waals surface area contributed by atoms with Crippen LogP contribution in [0.3, 0.4) is 0 Å². The number of piperidine rings is 1. The number of halogens is 3. The minimum absolute atomic E-state index is 0.578. The van der Waals surface area contributed by atoms with Crippen LogP contribution in [0.15, 0.2) is 54.7 Å². The molecule has 1 fully saturated rings. The van der Waals surface area contributed by atoms with Crippen LogP contribution in [0.1, 0.15) is 18.4 Å². The Bertz CT molecular complexity index is 1320. The first-order valence-electron chi connectivity index (χ1n) is 11.5. The largest absolute Gasteiger partial charge is 0.370 e. The van der Waals surface area contributed by atoms with Gasteiger partial charge in [-0.05, 0) is 67.1 Å². The minimum atomic E-state index is 0.578. The maximum absolute atomic E-state index is 6.46. The number of aromatic nitrogens is 3. The lowest BCUT2D eigenvalue weighted by atomic mass is 9.96. The summed E-state index contributed by atoms with van der Waals surface area (Å²) in [6.07, 6.45) is 4.09. The van der Waals surface area contributed by atoms with Gasteiger partial charge >= 0.3 is 0 Å². The Kier molecular flexibility index (Phi) is 7.02. The van der Waals surface area contributed by atoms with Crippen LogP contribution >= 0.6 is 34.8 Å². The van der Waals surface area contributed by atoms with Gasteiger partial charge in [0.2, 0.25) is 0 Å². The summed E-state index contributed by atoms with van der Waals surface area (Å²) in [7, 11) is 2.03. The third-order valence-electron chi connectivity index (χ3n) is 6.48. The maximum Gasteiger partial charge on any atom is 0.151 e. The summed E-state index contributed by atoms with van der Waals surface area (Å²) < 4.78 is 1.88. The van der Waals surface area contributed by atoms with Gasteiger partial charge in [0.25, 0.3) is 0 Å². The van der Waals surface area contributed by atoms with Gasteiger partial charge in [-0.2, -0.15) is 9.61 Å². The van der Waals surface area contributed by atoms with Crippen molar-refractivity contribution in [3.63, 3.8) is 0 Å². The van der Waals surface area contributed by atoms with Crippen molar-refractivity contribution >= 4 is 59.6 Å². The van der Waals surface area contributed by atoms with E-state index >= 15 is 0 Å². The molecular formula is C25H25BCl3N5. The number of nitrogens with zero attached hydrogens (tertiary/aromatic N) is 4. The fourth-order valence-electron chi connectivity index (χ4n) is 4.51. The molecule has 0 amide bonds. The van der Waals surface area contributed by atoms with Crippen molar-refractivity contribution in [2.75, 3.05) is 25.0 Å². The highest BCUT2D eigenvalue weighted by Crippen LogP contribution is 2.29. The van der Waals surface area contributed by atoms with E-state index in [0.717, 1.165) is 82.8 Å². The van der Waals surface area contributed by atoms with Gasteiger partial charge in [0, 0.05) is 46.0 Å². The fourth-order valence-corrected chi connectivity index (χ4v) is 5.11. The van der Waals surface area contributed by atoms with E-state index in [0.29, 0.717) is 10.9 Å². The molecule has 2 aromatic heterocycles. The van der Waals surface area contributed by atoms with Gasteiger partial charge in [-0.1, -0.05) is 53.0 Å². The van der Waals surface area contributed by atoms with Crippen molar-refractivity contribution < 1.29 is 0 Å². The van der Waals surface area contributed by atoms with Gasteiger partial charge in [0.15, 0.2) is 5.65 Å². The van der Waals surface area contributed by atoms with Gasteiger partial charge in [-0.15, -0.1) is 0 Å². The summed E-state index contributed by atoms with van der Waals surface area (Å²) in [6, 6.07) is 15.5. The minimum Gasteiger partial charge on any atom is -0.370 e. The van der Waals surface area contributed by atoms with E-state index in [9.17, 15) is 0 Å². The Balaban J connectivity index is 1.27. The molecule has 1 N–H and O–H groups in total. The highest BCUT2D eigenvalue weighted by molar-refractivity contribution is 6.36. The molecule has 34 heavy (non-hydrogen) atoms. The summed E-state index contributed by atoms with van der Waals surface area (Å²) >= 11 is 19.0. The predicted octanol–water partition coefficient (Wildman–Crippen LogP) is 4.94. The molecule has 0 bridgehead atoms. The number of fused-ring (bicyclic) bond motifs is 1. The van der Waals surface area contributed by atoms with Gasteiger partial charge in [-0.3, -0.25) is 4.90 Å². The van der Waals surface area contributed by atoms with Crippen molar-refractivity contribution in [1.29, 1.82) is 0 Å². The van der Waals surface area contributed by atoms with E-state index in [1.54, 1.807) is 0 Å². The number of nitrogens with one attached hydrogen (secondary N) is 1. The topological polar surface area (TPSA) is 45.5 Å². The number of anilines is 1. The molecule has 0 atom stereocenters. The number of likely N-dealkylation sites (tertiary alicyclic amines) is 1. The molecule has 2 aromatic carbocycles. The van der Waals surface area contributed by atoms with Crippen molar-refractivity contribution in [2.45, 2.75) is 19.4 Å². The standard InChI is InChI=1S/C25H25BCl3N5/c26-20-14-31-34-24(12-23(32-25(20)34)19-3-1-2-4-22(19)29)30-13-16-7-9-33(10-8-16)15-17-11-18(27)5-6-21(17)28/h1-6,11-12,14,16,30H,7-10,13,15,26H2. The highest BCUT2D eigenvalue weighted by atomic mass is 35.5. The molecule has 3 heterocycles. The van der Waals surface area contributed by atoms with E-state index in [2.05, 4.69) is 15.3 Å². The molecule has 0 saturated carbocycles. The van der Waals surface area contributed by atoms with E-state index in [4.69, 9.17) is 39.8 Å². The van der Waals surface area contributed by atoms with Crippen LogP contribution in [0.5, 0.6) is 0 Å². The lowest BCUT2D eigenvalue weighted by Gasteiger charge is -2.32. The Morgan fingerprint density at radius 3 is 2.59 bits per heavy atom. The third kappa shape index (κ3) is 5.06. The lowest BCUT2D eigenvalue weighted by Crippen LogP contribution is -2.35. The SMILES string of the molecule is Bc1cnn2c(NCC3CCN(Cc4cc(Cl)ccc4Cl)CC3)cc(-c3ccccc3Cl)nc12. The van der Waals surface area contributed by atoms with Gasteiger partial charge < -0.3 is 5.32 Å². The van der Waals surface area contributed by atoms with Crippen LogP contribution in [0.2, 0.25) is 15.1 Å². The number of rotatable bonds is 6. The first kappa shape index (κ1) is 23.5. The quantitative estimate of drug-likeness (QED) is 0.372. The maximum atomic E-state index is 6.46. The summed E-state index contributed by atoms with van der Waals surface area (Å²) in [5, 5.41) is 10.4.